The van der Waals surface area contributed by atoms with Crippen molar-refractivity contribution in [2.75, 3.05) is 52.3 Å². The van der Waals surface area contributed by atoms with Crippen molar-refractivity contribution in [2.24, 2.45) is 0 Å². The van der Waals surface area contributed by atoms with Crippen LogP contribution in [0.5, 0.6) is 0 Å². The summed E-state index contributed by atoms with van der Waals surface area (Å²) in [6.07, 6.45) is 27.7. The summed E-state index contributed by atoms with van der Waals surface area (Å²) in [7, 11) is 4.32. The molecule has 0 saturated heterocycles. The molecule has 0 radical (unpaired) electrons. The van der Waals surface area contributed by atoms with E-state index in [1.807, 2.05) is 6.92 Å². The van der Waals surface area contributed by atoms with Gasteiger partial charge in [-0.15, -0.1) is 7.92 Å². The van der Waals surface area contributed by atoms with E-state index in [2.05, 4.69) is 25.9 Å². The highest BCUT2D eigenvalue weighted by Crippen LogP contribution is 2.39. The van der Waals surface area contributed by atoms with Crippen LogP contribution in [-0.4, -0.2) is 81.3 Å². The van der Waals surface area contributed by atoms with E-state index in [4.69, 9.17) is 9.47 Å². The van der Waals surface area contributed by atoms with Crippen molar-refractivity contribution in [1.82, 2.24) is 4.90 Å². The lowest BCUT2D eigenvalue weighted by molar-refractivity contribution is -0.144. The van der Waals surface area contributed by atoms with Crippen LogP contribution in [0.25, 0.3) is 0 Å². The summed E-state index contributed by atoms with van der Waals surface area (Å²) in [6.45, 7) is 5.59. The van der Waals surface area contributed by atoms with Crippen molar-refractivity contribution in [3.05, 3.63) is 24.3 Å². The standard InChI is InChI=1S/C40H73F3NO4P/c1-5-7-25-37(41)26-17-20-32-47-38(45)27-15-11-9-13-22-34-49(36-24-19-31-44(3)4)35-23-14-10-12-16-28-39(46)48-33-21-18-30-40(42,43)29-8-6-2/h17-18,26,30,37H,5-16,19-25,27-29,31-36H2,1-4H3/b26-17-,30-18-. The number of allylic oxidation sites excluding steroid dienone is 2. The summed E-state index contributed by atoms with van der Waals surface area (Å²) >= 11 is 0. The van der Waals surface area contributed by atoms with Crippen LogP contribution >= 0.6 is 7.92 Å². The van der Waals surface area contributed by atoms with Gasteiger partial charge in [0.1, 0.15) is 6.17 Å². The summed E-state index contributed by atoms with van der Waals surface area (Å²) in [6, 6.07) is 0. The molecule has 0 heterocycles. The van der Waals surface area contributed by atoms with E-state index in [0.717, 1.165) is 70.4 Å². The quantitative estimate of drug-likeness (QED) is 0.0282. The Hall–Kier alpha value is -1.40. The van der Waals surface area contributed by atoms with Crippen molar-refractivity contribution >= 4 is 19.9 Å². The first-order valence-electron chi connectivity index (χ1n) is 19.6. The molecular formula is C40H73F3NO4P. The Morgan fingerprint density at radius 2 is 1.18 bits per heavy atom. The molecule has 0 aromatic carbocycles. The monoisotopic (exact) mass is 720 g/mol. The Morgan fingerprint density at radius 3 is 1.71 bits per heavy atom. The van der Waals surface area contributed by atoms with Gasteiger partial charge in [-0.3, -0.25) is 9.59 Å². The molecule has 49 heavy (non-hydrogen) atoms. The minimum Gasteiger partial charge on any atom is -0.465 e. The topological polar surface area (TPSA) is 55.8 Å². The number of hydrogen-bond acceptors (Lipinski definition) is 5. The van der Waals surface area contributed by atoms with Crippen molar-refractivity contribution in [3.8, 4) is 0 Å². The number of hydrogen-bond donors (Lipinski definition) is 0. The number of carbonyl (C=O) groups excluding carboxylic acids is 2. The number of nitrogens with zero attached hydrogens (tertiary/aromatic N) is 1. The van der Waals surface area contributed by atoms with Crippen molar-refractivity contribution in [2.45, 2.75) is 167 Å². The fraction of sp³-hybridized carbons (Fsp3) is 0.850. The highest BCUT2D eigenvalue weighted by atomic mass is 31.1. The molecule has 0 aliphatic rings. The van der Waals surface area contributed by atoms with Gasteiger partial charge < -0.3 is 14.4 Å². The molecule has 0 spiro atoms. The molecule has 288 valence electrons. The minimum absolute atomic E-state index is 0.0516. The molecule has 0 aromatic rings. The van der Waals surface area contributed by atoms with Gasteiger partial charge in [-0.1, -0.05) is 89.9 Å². The first-order valence-corrected chi connectivity index (χ1v) is 21.5. The van der Waals surface area contributed by atoms with Crippen LogP contribution < -0.4 is 0 Å². The van der Waals surface area contributed by atoms with Crippen LogP contribution in [0.3, 0.4) is 0 Å². The van der Waals surface area contributed by atoms with Crippen LogP contribution in [-0.2, 0) is 19.1 Å². The first kappa shape index (κ1) is 47.6. The van der Waals surface area contributed by atoms with E-state index in [1.165, 1.54) is 63.1 Å². The molecule has 0 amide bonds. The average molecular weight is 720 g/mol. The molecule has 0 fully saturated rings. The zero-order valence-corrected chi connectivity index (χ0v) is 32.7. The van der Waals surface area contributed by atoms with E-state index < -0.39 is 12.1 Å². The van der Waals surface area contributed by atoms with Gasteiger partial charge >= 0.3 is 11.9 Å². The molecule has 9 heteroatoms. The van der Waals surface area contributed by atoms with Gasteiger partial charge in [0.25, 0.3) is 5.92 Å². The van der Waals surface area contributed by atoms with Gasteiger partial charge in [0, 0.05) is 19.3 Å². The van der Waals surface area contributed by atoms with Gasteiger partial charge in [-0.25, -0.2) is 13.2 Å². The highest BCUT2D eigenvalue weighted by molar-refractivity contribution is 7.57. The van der Waals surface area contributed by atoms with Crippen molar-refractivity contribution < 1.29 is 32.2 Å². The first-order chi connectivity index (χ1) is 23.6. The maximum Gasteiger partial charge on any atom is 0.305 e. The molecule has 0 bridgehead atoms. The van der Waals surface area contributed by atoms with Gasteiger partial charge in [-0.2, -0.15) is 0 Å². The molecule has 2 unspecified atom stereocenters. The largest absolute Gasteiger partial charge is 0.465 e. The van der Waals surface area contributed by atoms with Crippen LogP contribution in [0.4, 0.5) is 13.2 Å². The van der Waals surface area contributed by atoms with Crippen LogP contribution in [0.15, 0.2) is 24.3 Å². The molecular weight excluding hydrogens is 646 g/mol. The third-order valence-corrected chi connectivity index (χ3v) is 11.4. The fourth-order valence-electron chi connectivity index (χ4n) is 5.49. The lowest BCUT2D eigenvalue weighted by Crippen LogP contribution is -2.13. The molecule has 0 aliphatic carbocycles. The average Bonchev–Trinajstić information content (AvgIpc) is 3.06. The second-order valence-corrected chi connectivity index (χ2v) is 16.4. The Labute approximate surface area is 300 Å². The number of alkyl halides is 3. The number of rotatable bonds is 35. The smallest absolute Gasteiger partial charge is 0.305 e. The van der Waals surface area contributed by atoms with Crippen molar-refractivity contribution in [1.29, 1.82) is 0 Å². The summed E-state index contributed by atoms with van der Waals surface area (Å²) in [5, 5.41) is 0. The molecule has 2 atom stereocenters. The van der Waals surface area contributed by atoms with Crippen LogP contribution in [0.1, 0.15) is 155 Å². The molecule has 0 saturated carbocycles. The maximum atomic E-state index is 13.6. The van der Waals surface area contributed by atoms with Gasteiger partial charge in [0.15, 0.2) is 0 Å². The molecule has 0 aromatic heterocycles. The lowest BCUT2D eigenvalue weighted by atomic mass is 10.1. The summed E-state index contributed by atoms with van der Waals surface area (Å²) in [4.78, 5) is 26.2. The second kappa shape index (κ2) is 33.7. The second-order valence-electron chi connectivity index (χ2n) is 13.8. The molecule has 0 aliphatic heterocycles. The van der Waals surface area contributed by atoms with Gasteiger partial charge in [-0.05, 0) is 109 Å². The lowest BCUT2D eigenvalue weighted by Gasteiger charge is -2.18. The predicted octanol–water partition coefficient (Wildman–Crippen LogP) is 11.8. The predicted molar refractivity (Wildman–Crippen MR) is 203 cm³/mol. The summed E-state index contributed by atoms with van der Waals surface area (Å²) in [5.41, 5.74) is 0. The number of esters is 2. The fourth-order valence-corrected chi connectivity index (χ4v) is 8.17. The Kier molecular flexibility index (Phi) is 32.8. The van der Waals surface area contributed by atoms with E-state index in [-0.39, 0.29) is 32.9 Å². The van der Waals surface area contributed by atoms with E-state index in [1.54, 1.807) is 12.2 Å². The van der Waals surface area contributed by atoms with Gasteiger partial charge in [0.05, 0.1) is 13.2 Å². The summed E-state index contributed by atoms with van der Waals surface area (Å²) in [5.74, 6) is -3.16. The Bertz CT molecular complexity index is 840. The highest BCUT2D eigenvalue weighted by Gasteiger charge is 2.23. The maximum absolute atomic E-state index is 13.6. The zero-order chi connectivity index (χ0) is 36.4. The van der Waals surface area contributed by atoms with Crippen LogP contribution in [0.2, 0.25) is 0 Å². The summed E-state index contributed by atoms with van der Waals surface area (Å²) < 4.78 is 51.3. The third kappa shape index (κ3) is 34.8. The Morgan fingerprint density at radius 1 is 0.694 bits per heavy atom. The molecule has 5 nitrogen and oxygen atoms in total. The minimum atomic E-state index is -2.77. The van der Waals surface area contributed by atoms with Crippen LogP contribution in [0, 0.1) is 0 Å². The number of halogens is 3. The Balaban J connectivity index is 4.03. The number of unbranched alkanes of at least 4 members (excludes halogenated alkanes) is 11. The number of ether oxygens (including phenoxy) is 2. The van der Waals surface area contributed by atoms with E-state index in [0.29, 0.717) is 45.1 Å². The van der Waals surface area contributed by atoms with Gasteiger partial charge in [0.2, 0.25) is 0 Å². The zero-order valence-electron chi connectivity index (χ0n) is 31.8. The molecule has 0 rings (SSSR count). The number of carbonyl (C=O) groups is 2. The normalized spacial score (nSPS) is 13.5. The van der Waals surface area contributed by atoms with E-state index >= 15 is 0 Å². The van der Waals surface area contributed by atoms with E-state index in [9.17, 15) is 22.8 Å². The molecule has 0 N–H and O–H groups in total. The van der Waals surface area contributed by atoms with Crippen molar-refractivity contribution in [3.63, 3.8) is 0 Å². The SMILES string of the molecule is CCCCC(F)/C=C\CCOC(=O)CCCCCCCP(CCCCCCCC(=O)OCC/C=C\C(F)(F)CCCC)CCCCN(C)C. The third-order valence-electron chi connectivity index (χ3n) is 8.54.